The maximum Gasteiger partial charge on any atom is 0.265 e. The van der Waals surface area contributed by atoms with Crippen LogP contribution in [0.2, 0.25) is 0 Å². The SMILES string of the molecule is CC(CCCO)NC(=O)c1sc(N2CCC(N)C2)nc1N. The van der Waals surface area contributed by atoms with Gasteiger partial charge in [-0.3, -0.25) is 4.79 Å². The Labute approximate surface area is 128 Å². The number of amides is 1. The van der Waals surface area contributed by atoms with Crippen molar-refractivity contribution >= 4 is 28.2 Å². The van der Waals surface area contributed by atoms with Gasteiger partial charge < -0.3 is 26.8 Å². The summed E-state index contributed by atoms with van der Waals surface area (Å²) in [4.78, 5) is 19.0. The summed E-state index contributed by atoms with van der Waals surface area (Å²) in [6, 6.07) is 0.153. The minimum atomic E-state index is -0.204. The van der Waals surface area contributed by atoms with E-state index in [1.807, 2.05) is 6.92 Å². The second kappa shape index (κ2) is 7.06. The number of rotatable bonds is 6. The summed E-state index contributed by atoms with van der Waals surface area (Å²) in [6.07, 6.45) is 2.32. The molecule has 1 fully saturated rings. The molecule has 0 aliphatic carbocycles. The van der Waals surface area contributed by atoms with Crippen molar-refractivity contribution < 1.29 is 9.90 Å². The predicted molar refractivity (Wildman–Crippen MR) is 84.6 cm³/mol. The fraction of sp³-hybridized carbons (Fsp3) is 0.692. The van der Waals surface area contributed by atoms with Crippen molar-refractivity contribution in [2.45, 2.75) is 38.3 Å². The number of thiazole rings is 1. The lowest BCUT2D eigenvalue weighted by Crippen LogP contribution is -2.32. The summed E-state index contributed by atoms with van der Waals surface area (Å²) in [6.45, 7) is 3.64. The number of nitrogens with two attached hydrogens (primary N) is 2. The molecule has 0 bridgehead atoms. The van der Waals surface area contributed by atoms with Crippen LogP contribution in [0.15, 0.2) is 0 Å². The van der Waals surface area contributed by atoms with Gasteiger partial charge in [-0.2, -0.15) is 0 Å². The second-order valence-electron chi connectivity index (χ2n) is 5.45. The number of anilines is 2. The summed E-state index contributed by atoms with van der Waals surface area (Å²) in [7, 11) is 0. The van der Waals surface area contributed by atoms with Gasteiger partial charge in [0.2, 0.25) is 0 Å². The van der Waals surface area contributed by atoms with E-state index in [9.17, 15) is 4.79 Å². The van der Waals surface area contributed by atoms with Crippen LogP contribution in [0.25, 0.3) is 0 Å². The highest BCUT2D eigenvalue weighted by Gasteiger charge is 2.25. The van der Waals surface area contributed by atoms with Gasteiger partial charge in [0.15, 0.2) is 5.13 Å². The number of nitrogen functional groups attached to an aromatic ring is 1. The summed E-state index contributed by atoms with van der Waals surface area (Å²) in [5.74, 6) is 0.0625. The molecular weight excluding hydrogens is 290 g/mol. The zero-order chi connectivity index (χ0) is 15.4. The molecule has 1 saturated heterocycles. The summed E-state index contributed by atoms with van der Waals surface area (Å²) >= 11 is 1.31. The van der Waals surface area contributed by atoms with Crippen molar-refractivity contribution in [3.05, 3.63) is 4.88 Å². The van der Waals surface area contributed by atoms with E-state index in [1.54, 1.807) is 0 Å². The topological polar surface area (TPSA) is 118 Å². The fourth-order valence-corrected chi connectivity index (χ4v) is 3.26. The first-order valence-corrected chi connectivity index (χ1v) is 8.01. The van der Waals surface area contributed by atoms with Gasteiger partial charge in [-0.15, -0.1) is 0 Å². The first kappa shape index (κ1) is 16.0. The Bertz CT molecular complexity index is 493. The molecule has 7 nitrogen and oxygen atoms in total. The van der Waals surface area contributed by atoms with Crippen LogP contribution in [0.3, 0.4) is 0 Å². The second-order valence-corrected chi connectivity index (χ2v) is 6.42. The molecule has 0 radical (unpaired) electrons. The maximum atomic E-state index is 12.2. The largest absolute Gasteiger partial charge is 0.396 e. The van der Waals surface area contributed by atoms with Crippen LogP contribution in [-0.2, 0) is 0 Å². The maximum absolute atomic E-state index is 12.2. The molecule has 0 spiro atoms. The van der Waals surface area contributed by atoms with Gasteiger partial charge in [-0.1, -0.05) is 11.3 Å². The van der Waals surface area contributed by atoms with E-state index in [1.165, 1.54) is 11.3 Å². The summed E-state index contributed by atoms with van der Waals surface area (Å²) in [5, 5.41) is 12.4. The predicted octanol–water partition coefficient (Wildman–Crippen LogP) is 0.154. The molecule has 8 heteroatoms. The standard InChI is InChI=1S/C13H23N5O2S/c1-8(3-2-6-19)16-12(20)10-11(15)17-13(21-10)18-5-4-9(14)7-18/h8-9,19H,2-7,14-15H2,1H3,(H,16,20). The molecule has 6 N–H and O–H groups in total. The Kier molecular flexibility index (Phi) is 5.38. The van der Waals surface area contributed by atoms with Crippen LogP contribution in [0.5, 0.6) is 0 Å². The molecular formula is C13H23N5O2S. The first-order chi connectivity index (χ1) is 10.0. The van der Waals surface area contributed by atoms with Crippen molar-refractivity contribution in [2.75, 3.05) is 30.3 Å². The molecule has 2 atom stereocenters. The number of aromatic nitrogens is 1. The van der Waals surface area contributed by atoms with Crippen LogP contribution in [-0.4, -0.2) is 47.8 Å². The Morgan fingerprint density at radius 1 is 1.67 bits per heavy atom. The number of nitrogens with zero attached hydrogens (tertiary/aromatic N) is 2. The van der Waals surface area contributed by atoms with Crippen LogP contribution in [0.1, 0.15) is 35.9 Å². The third kappa shape index (κ3) is 4.05. The highest BCUT2D eigenvalue weighted by Crippen LogP contribution is 2.30. The van der Waals surface area contributed by atoms with E-state index in [0.29, 0.717) is 11.3 Å². The first-order valence-electron chi connectivity index (χ1n) is 7.19. The van der Waals surface area contributed by atoms with Crippen LogP contribution in [0, 0.1) is 0 Å². The van der Waals surface area contributed by atoms with Gasteiger partial charge in [-0.25, -0.2) is 4.98 Å². The smallest absolute Gasteiger partial charge is 0.265 e. The fourth-order valence-electron chi connectivity index (χ4n) is 2.34. The molecule has 2 unspecified atom stereocenters. The molecule has 0 aromatic carbocycles. The van der Waals surface area contributed by atoms with E-state index in [2.05, 4.69) is 15.2 Å². The normalized spacial score (nSPS) is 19.8. The van der Waals surface area contributed by atoms with Crippen LogP contribution in [0.4, 0.5) is 10.9 Å². The summed E-state index contributed by atoms with van der Waals surface area (Å²) in [5.41, 5.74) is 11.7. The average molecular weight is 313 g/mol. The van der Waals surface area contributed by atoms with Crippen molar-refractivity contribution in [1.82, 2.24) is 10.3 Å². The van der Waals surface area contributed by atoms with Gasteiger partial charge in [0, 0.05) is 31.8 Å². The number of carbonyl (C=O) groups is 1. The molecule has 0 saturated carbocycles. The van der Waals surface area contributed by atoms with E-state index < -0.39 is 0 Å². The van der Waals surface area contributed by atoms with Crippen molar-refractivity contribution in [1.29, 1.82) is 0 Å². The number of nitrogens with one attached hydrogen (secondary N) is 1. The zero-order valence-corrected chi connectivity index (χ0v) is 13.0. The minimum Gasteiger partial charge on any atom is -0.396 e. The molecule has 1 aromatic heterocycles. The van der Waals surface area contributed by atoms with Crippen molar-refractivity contribution in [3.63, 3.8) is 0 Å². The molecule has 2 heterocycles. The van der Waals surface area contributed by atoms with E-state index in [0.717, 1.165) is 31.1 Å². The van der Waals surface area contributed by atoms with Gasteiger partial charge in [0.25, 0.3) is 5.91 Å². The van der Waals surface area contributed by atoms with E-state index in [4.69, 9.17) is 16.6 Å². The third-order valence-corrected chi connectivity index (χ3v) is 4.65. The third-order valence-electron chi connectivity index (χ3n) is 3.52. The van der Waals surface area contributed by atoms with Gasteiger partial charge in [-0.05, 0) is 26.2 Å². The number of aliphatic hydroxyl groups excluding tert-OH is 1. The summed E-state index contributed by atoms with van der Waals surface area (Å²) < 4.78 is 0. The molecule has 1 aromatic rings. The lowest BCUT2D eigenvalue weighted by Gasteiger charge is -2.13. The zero-order valence-electron chi connectivity index (χ0n) is 12.2. The highest BCUT2D eigenvalue weighted by atomic mass is 32.1. The van der Waals surface area contributed by atoms with Crippen LogP contribution < -0.4 is 21.7 Å². The monoisotopic (exact) mass is 313 g/mol. The molecule has 1 aliphatic rings. The molecule has 2 rings (SSSR count). The Balaban J connectivity index is 1.99. The minimum absolute atomic E-state index is 0.00481. The van der Waals surface area contributed by atoms with Crippen LogP contribution >= 0.6 is 11.3 Å². The molecule has 21 heavy (non-hydrogen) atoms. The highest BCUT2D eigenvalue weighted by molar-refractivity contribution is 7.18. The molecule has 1 aliphatic heterocycles. The number of carbonyl (C=O) groups excluding carboxylic acids is 1. The quantitative estimate of drug-likeness (QED) is 0.594. The van der Waals surface area contributed by atoms with Gasteiger partial charge in [0.1, 0.15) is 10.7 Å². The van der Waals surface area contributed by atoms with Gasteiger partial charge >= 0.3 is 0 Å². The van der Waals surface area contributed by atoms with Gasteiger partial charge in [0.05, 0.1) is 0 Å². The Morgan fingerprint density at radius 2 is 2.43 bits per heavy atom. The Hall–Kier alpha value is -1.38. The number of hydrogen-bond acceptors (Lipinski definition) is 7. The average Bonchev–Trinajstić information content (AvgIpc) is 3.02. The molecule has 118 valence electrons. The lowest BCUT2D eigenvalue weighted by atomic mass is 10.2. The lowest BCUT2D eigenvalue weighted by molar-refractivity contribution is 0.0941. The number of hydrogen-bond donors (Lipinski definition) is 4. The van der Waals surface area contributed by atoms with Crippen molar-refractivity contribution in [2.24, 2.45) is 5.73 Å². The molecule has 1 amide bonds. The Morgan fingerprint density at radius 3 is 3.05 bits per heavy atom. The van der Waals surface area contributed by atoms with Crippen molar-refractivity contribution in [3.8, 4) is 0 Å². The number of aliphatic hydroxyl groups is 1. The van der Waals surface area contributed by atoms with E-state index in [-0.39, 0.29) is 30.4 Å². The van der Waals surface area contributed by atoms with E-state index >= 15 is 0 Å².